The summed E-state index contributed by atoms with van der Waals surface area (Å²) in [6.45, 7) is 1.08. The summed E-state index contributed by atoms with van der Waals surface area (Å²) in [6, 6.07) is 10.4. The number of carbonyl (C=O) groups is 1. The highest BCUT2D eigenvalue weighted by Gasteiger charge is 2.32. The van der Waals surface area contributed by atoms with Gasteiger partial charge in [-0.15, -0.1) is 0 Å². The molecular formula is C21H27N3O5S. The lowest BCUT2D eigenvalue weighted by Gasteiger charge is -2.38. The van der Waals surface area contributed by atoms with Crippen molar-refractivity contribution in [3.63, 3.8) is 0 Å². The van der Waals surface area contributed by atoms with E-state index in [2.05, 4.69) is 4.98 Å². The van der Waals surface area contributed by atoms with Crippen LogP contribution in [0.5, 0.6) is 11.5 Å². The standard InChI is InChI=1S/C21H27N3O5S/c1-28-19-7-9-20(10-8-19)29-16-21(25)23-12-4-6-18(15-23)24(30(2,26)27)14-17-5-3-11-22-13-17/h3,5,7-11,13,18H,4,6,12,14-16H2,1-2H3. The number of sulfonamides is 1. The van der Waals surface area contributed by atoms with Crippen LogP contribution in [-0.2, 0) is 21.4 Å². The minimum absolute atomic E-state index is 0.0967. The fraction of sp³-hybridized carbons (Fsp3) is 0.429. The third-order valence-corrected chi connectivity index (χ3v) is 6.34. The first-order chi connectivity index (χ1) is 14.4. The van der Waals surface area contributed by atoms with Gasteiger partial charge in [0.05, 0.1) is 13.4 Å². The summed E-state index contributed by atoms with van der Waals surface area (Å²) >= 11 is 0. The van der Waals surface area contributed by atoms with Crippen LogP contribution in [0.15, 0.2) is 48.8 Å². The van der Waals surface area contributed by atoms with E-state index in [-0.39, 0.29) is 25.1 Å². The number of ether oxygens (including phenoxy) is 2. The molecule has 1 aromatic heterocycles. The van der Waals surface area contributed by atoms with Gasteiger partial charge in [0.15, 0.2) is 6.61 Å². The summed E-state index contributed by atoms with van der Waals surface area (Å²) in [4.78, 5) is 18.4. The number of pyridine rings is 1. The average molecular weight is 434 g/mol. The molecule has 8 nitrogen and oxygen atoms in total. The van der Waals surface area contributed by atoms with Gasteiger partial charge in [-0.1, -0.05) is 6.07 Å². The first kappa shape index (κ1) is 22.0. The summed E-state index contributed by atoms with van der Waals surface area (Å²) in [5, 5.41) is 0. The maximum Gasteiger partial charge on any atom is 0.260 e. The molecule has 2 heterocycles. The normalized spacial score (nSPS) is 17.0. The molecule has 0 spiro atoms. The molecule has 0 bridgehead atoms. The second-order valence-electron chi connectivity index (χ2n) is 7.27. The predicted molar refractivity (Wildman–Crippen MR) is 113 cm³/mol. The van der Waals surface area contributed by atoms with E-state index in [0.717, 1.165) is 12.0 Å². The molecule has 9 heteroatoms. The summed E-state index contributed by atoms with van der Waals surface area (Å²) in [5.41, 5.74) is 0.814. The van der Waals surface area contributed by atoms with Gasteiger partial charge >= 0.3 is 0 Å². The van der Waals surface area contributed by atoms with E-state index in [4.69, 9.17) is 9.47 Å². The molecule has 1 amide bonds. The number of aromatic nitrogens is 1. The Morgan fingerprint density at radius 2 is 1.97 bits per heavy atom. The molecule has 162 valence electrons. The zero-order valence-electron chi connectivity index (χ0n) is 17.2. The fourth-order valence-corrected chi connectivity index (χ4v) is 4.61. The first-order valence-electron chi connectivity index (χ1n) is 9.77. The van der Waals surface area contributed by atoms with Crippen molar-refractivity contribution in [2.24, 2.45) is 0 Å². The number of rotatable bonds is 8. The highest BCUT2D eigenvalue weighted by Crippen LogP contribution is 2.22. The van der Waals surface area contributed by atoms with E-state index in [0.29, 0.717) is 31.0 Å². The Morgan fingerprint density at radius 3 is 2.60 bits per heavy atom. The fourth-order valence-electron chi connectivity index (χ4n) is 3.51. The van der Waals surface area contributed by atoms with E-state index < -0.39 is 10.0 Å². The molecule has 1 atom stereocenters. The smallest absolute Gasteiger partial charge is 0.260 e. The molecule has 0 saturated carbocycles. The third kappa shape index (κ3) is 5.93. The largest absolute Gasteiger partial charge is 0.497 e. The Bertz CT molecular complexity index is 935. The van der Waals surface area contributed by atoms with Crippen molar-refractivity contribution in [1.29, 1.82) is 0 Å². The van der Waals surface area contributed by atoms with Gasteiger partial charge in [0.1, 0.15) is 11.5 Å². The summed E-state index contributed by atoms with van der Waals surface area (Å²) in [5.74, 6) is 1.12. The van der Waals surface area contributed by atoms with Gasteiger partial charge in [0.25, 0.3) is 5.91 Å². The number of amides is 1. The van der Waals surface area contributed by atoms with Crippen LogP contribution in [-0.4, -0.2) is 67.6 Å². The van der Waals surface area contributed by atoms with Crippen LogP contribution in [0, 0.1) is 0 Å². The van der Waals surface area contributed by atoms with Gasteiger partial charge in [-0.2, -0.15) is 4.31 Å². The second kappa shape index (κ2) is 9.90. The van der Waals surface area contributed by atoms with Crippen LogP contribution in [0.3, 0.4) is 0 Å². The van der Waals surface area contributed by atoms with Gasteiger partial charge in [-0.05, 0) is 48.7 Å². The third-order valence-electron chi connectivity index (χ3n) is 5.07. The quantitative estimate of drug-likeness (QED) is 0.632. The van der Waals surface area contributed by atoms with E-state index in [1.165, 1.54) is 10.6 Å². The van der Waals surface area contributed by atoms with E-state index >= 15 is 0 Å². The van der Waals surface area contributed by atoms with Gasteiger partial charge < -0.3 is 14.4 Å². The second-order valence-corrected chi connectivity index (χ2v) is 9.20. The molecule has 0 aliphatic carbocycles. The van der Waals surface area contributed by atoms with E-state index in [9.17, 15) is 13.2 Å². The molecular weight excluding hydrogens is 406 g/mol. The maximum absolute atomic E-state index is 12.7. The number of carbonyl (C=O) groups excluding carboxylic acids is 1. The molecule has 1 aliphatic rings. The van der Waals surface area contributed by atoms with Gasteiger partial charge in [0, 0.05) is 38.1 Å². The molecule has 0 N–H and O–H groups in total. The number of methoxy groups -OCH3 is 1. The first-order valence-corrected chi connectivity index (χ1v) is 11.6. The molecule has 1 unspecified atom stereocenters. The van der Waals surface area contributed by atoms with Crippen LogP contribution in [0.2, 0.25) is 0 Å². The summed E-state index contributed by atoms with van der Waals surface area (Å²) < 4.78 is 37.0. The molecule has 30 heavy (non-hydrogen) atoms. The number of likely N-dealkylation sites (tertiary alicyclic amines) is 1. The van der Waals surface area contributed by atoms with Gasteiger partial charge in [-0.25, -0.2) is 8.42 Å². The minimum atomic E-state index is -3.45. The molecule has 1 fully saturated rings. The van der Waals surface area contributed by atoms with Crippen LogP contribution >= 0.6 is 0 Å². The monoisotopic (exact) mass is 433 g/mol. The van der Waals surface area contributed by atoms with Crippen molar-refractivity contribution >= 4 is 15.9 Å². The van der Waals surface area contributed by atoms with Crippen molar-refractivity contribution in [2.75, 3.05) is 33.1 Å². The Balaban J connectivity index is 1.62. The van der Waals surface area contributed by atoms with Crippen molar-refractivity contribution < 1.29 is 22.7 Å². The van der Waals surface area contributed by atoms with E-state index in [1.54, 1.807) is 54.7 Å². The van der Waals surface area contributed by atoms with E-state index in [1.807, 2.05) is 6.07 Å². The zero-order chi connectivity index (χ0) is 21.6. The lowest BCUT2D eigenvalue weighted by Crippen LogP contribution is -2.52. The minimum Gasteiger partial charge on any atom is -0.497 e. The van der Waals surface area contributed by atoms with Crippen molar-refractivity contribution in [3.05, 3.63) is 54.4 Å². The molecule has 1 aliphatic heterocycles. The Morgan fingerprint density at radius 1 is 1.23 bits per heavy atom. The van der Waals surface area contributed by atoms with Gasteiger partial charge in [-0.3, -0.25) is 9.78 Å². The Labute approximate surface area is 177 Å². The molecule has 0 radical (unpaired) electrons. The number of benzene rings is 1. The molecule has 3 rings (SSSR count). The van der Waals surface area contributed by atoms with Crippen LogP contribution in [0.1, 0.15) is 18.4 Å². The predicted octanol–water partition coefficient (Wildman–Crippen LogP) is 1.92. The van der Waals surface area contributed by atoms with Crippen LogP contribution < -0.4 is 9.47 Å². The highest BCUT2D eigenvalue weighted by atomic mass is 32.2. The van der Waals surface area contributed by atoms with Crippen LogP contribution in [0.25, 0.3) is 0 Å². The lowest BCUT2D eigenvalue weighted by molar-refractivity contribution is -0.135. The van der Waals surface area contributed by atoms with Crippen molar-refractivity contribution in [3.8, 4) is 11.5 Å². The Kier molecular flexibility index (Phi) is 7.28. The SMILES string of the molecule is COc1ccc(OCC(=O)N2CCCC(N(Cc3cccnc3)S(C)(=O)=O)C2)cc1. The number of hydrogen-bond acceptors (Lipinski definition) is 6. The highest BCUT2D eigenvalue weighted by molar-refractivity contribution is 7.88. The number of hydrogen-bond donors (Lipinski definition) is 0. The Hall–Kier alpha value is -2.65. The van der Waals surface area contributed by atoms with Gasteiger partial charge in [0.2, 0.25) is 10.0 Å². The summed E-state index contributed by atoms with van der Waals surface area (Å²) in [7, 11) is -1.87. The lowest BCUT2D eigenvalue weighted by atomic mass is 10.1. The van der Waals surface area contributed by atoms with Crippen LogP contribution in [0.4, 0.5) is 0 Å². The van der Waals surface area contributed by atoms with Crippen molar-refractivity contribution in [1.82, 2.24) is 14.2 Å². The molecule has 1 saturated heterocycles. The van der Waals surface area contributed by atoms with Crippen molar-refractivity contribution in [2.45, 2.75) is 25.4 Å². The molecule has 1 aromatic carbocycles. The maximum atomic E-state index is 12.7. The molecule has 2 aromatic rings. The summed E-state index contributed by atoms with van der Waals surface area (Å²) in [6.07, 6.45) is 5.95. The number of nitrogens with zero attached hydrogens (tertiary/aromatic N) is 3. The number of piperidine rings is 1. The topological polar surface area (TPSA) is 89.0 Å². The average Bonchev–Trinajstić information content (AvgIpc) is 2.76. The zero-order valence-corrected chi connectivity index (χ0v) is 18.0.